The maximum atomic E-state index is 14.3. The fourth-order valence-corrected chi connectivity index (χ4v) is 6.87. The Morgan fingerprint density at radius 1 is 1.11 bits per heavy atom. The van der Waals surface area contributed by atoms with E-state index in [9.17, 15) is 14.4 Å². The number of nitrogens with zero attached hydrogens (tertiary/aromatic N) is 6. The van der Waals surface area contributed by atoms with Crippen LogP contribution in [0.4, 0.5) is 5.69 Å². The molecular formula is C26H33N7O3. The highest BCUT2D eigenvalue weighted by Crippen LogP contribution is 2.56. The van der Waals surface area contributed by atoms with Crippen LogP contribution in [0.3, 0.4) is 0 Å². The van der Waals surface area contributed by atoms with Crippen LogP contribution < -0.4 is 10.2 Å². The number of aromatic nitrogens is 3. The summed E-state index contributed by atoms with van der Waals surface area (Å²) in [5, 5.41) is 7.22. The molecule has 0 radical (unpaired) electrons. The van der Waals surface area contributed by atoms with E-state index in [-0.39, 0.29) is 23.8 Å². The highest BCUT2D eigenvalue weighted by Gasteiger charge is 2.67. The highest BCUT2D eigenvalue weighted by atomic mass is 16.2. The molecule has 1 aromatic carbocycles. The van der Waals surface area contributed by atoms with Crippen LogP contribution >= 0.6 is 0 Å². The number of carbonyl (C=O) groups is 3. The Balaban J connectivity index is 1.27. The molecule has 2 bridgehead atoms. The van der Waals surface area contributed by atoms with Gasteiger partial charge >= 0.3 is 0 Å². The quantitative estimate of drug-likeness (QED) is 0.688. The number of carbonyl (C=O) groups excluding carboxylic acids is 3. The molecule has 5 heterocycles. The van der Waals surface area contributed by atoms with Gasteiger partial charge in [-0.25, -0.2) is 4.98 Å². The lowest BCUT2D eigenvalue weighted by Gasteiger charge is -2.38. The number of amides is 3. The monoisotopic (exact) mass is 491 g/mol. The van der Waals surface area contributed by atoms with E-state index in [0.29, 0.717) is 52.0 Å². The van der Waals surface area contributed by atoms with Crippen LogP contribution in [0.1, 0.15) is 44.1 Å². The summed E-state index contributed by atoms with van der Waals surface area (Å²) in [4.78, 5) is 51.0. The maximum absolute atomic E-state index is 14.3. The third-order valence-electron chi connectivity index (χ3n) is 8.43. The summed E-state index contributed by atoms with van der Waals surface area (Å²) < 4.78 is 1.72. The molecular weight excluding hydrogens is 458 g/mol. The Bertz CT molecular complexity index is 1150. The van der Waals surface area contributed by atoms with Gasteiger partial charge in [0, 0.05) is 56.4 Å². The minimum Gasteiger partial charge on any atom is -0.356 e. The normalized spacial score (nSPS) is 28.2. The molecule has 1 N–H and O–H groups in total. The molecule has 3 fully saturated rings. The first-order valence-electron chi connectivity index (χ1n) is 13.2. The van der Waals surface area contributed by atoms with Crippen LogP contribution in [0.15, 0.2) is 36.9 Å². The SMILES string of the molecule is O=C1NCCCN(C(=O)CCCn2cncn2)CCN2C(=O)[C@@]3(c4ccccc42)[C@@H]1C[C@@H]1CCCN13. The summed E-state index contributed by atoms with van der Waals surface area (Å²) in [6.45, 7) is 3.42. The molecule has 0 unspecified atom stereocenters. The number of hydrogen-bond donors (Lipinski definition) is 1. The summed E-state index contributed by atoms with van der Waals surface area (Å²) in [6.07, 6.45) is 7.69. The highest BCUT2D eigenvalue weighted by molar-refractivity contribution is 6.11. The second-order valence-corrected chi connectivity index (χ2v) is 10.3. The van der Waals surface area contributed by atoms with Crippen LogP contribution in [-0.4, -0.2) is 81.1 Å². The molecule has 4 aliphatic heterocycles. The number of aryl methyl sites for hydroxylation is 1. The molecule has 3 atom stereocenters. The van der Waals surface area contributed by atoms with Gasteiger partial charge in [0.25, 0.3) is 5.91 Å². The molecule has 1 aromatic heterocycles. The smallest absolute Gasteiger partial charge is 0.253 e. The first-order valence-corrected chi connectivity index (χ1v) is 13.2. The first kappa shape index (κ1) is 23.1. The van der Waals surface area contributed by atoms with Gasteiger partial charge in [0.1, 0.15) is 18.2 Å². The predicted octanol–water partition coefficient (Wildman–Crippen LogP) is 1.13. The average Bonchev–Trinajstić information content (AvgIpc) is 3.65. The zero-order valence-electron chi connectivity index (χ0n) is 20.5. The van der Waals surface area contributed by atoms with E-state index in [1.807, 2.05) is 34.1 Å². The fourth-order valence-electron chi connectivity index (χ4n) is 6.87. The lowest BCUT2D eigenvalue weighted by molar-refractivity contribution is -0.139. The molecule has 36 heavy (non-hydrogen) atoms. The van der Waals surface area contributed by atoms with E-state index in [4.69, 9.17) is 0 Å². The van der Waals surface area contributed by atoms with Gasteiger partial charge in [-0.05, 0) is 44.7 Å². The van der Waals surface area contributed by atoms with Crippen molar-refractivity contribution in [1.82, 2.24) is 29.9 Å². The summed E-state index contributed by atoms with van der Waals surface area (Å²) in [6, 6.07) is 8.20. The van der Waals surface area contributed by atoms with E-state index in [1.54, 1.807) is 11.0 Å². The van der Waals surface area contributed by atoms with Gasteiger partial charge in [-0.1, -0.05) is 18.2 Å². The minimum absolute atomic E-state index is 0.00703. The molecule has 0 saturated carbocycles. The van der Waals surface area contributed by atoms with Crippen LogP contribution in [0.5, 0.6) is 0 Å². The summed E-state index contributed by atoms with van der Waals surface area (Å²) in [5.74, 6) is -0.380. The van der Waals surface area contributed by atoms with Gasteiger partial charge in [-0.3, -0.25) is 24.0 Å². The Labute approximate surface area is 210 Å². The number of rotatable bonds is 4. The van der Waals surface area contributed by atoms with Crippen LogP contribution in [0.2, 0.25) is 0 Å². The van der Waals surface area contributed by atoms with E-state index in [2.05, 4.69) is 20.3 Å². The van der Waals surface area contributed by atoms with Crippen LogP contribution in [0, 0.1) is 5.92 Å². The topological polar surface area (TPSA) is 104 Å². The van der Waals surface area contributed by atoms with E-state index in [1.165, 1.54) is 6.33 Å². The molecule has 6 rings (SSSR count). The zero-order chi connectivity index (χ0) is 24.7. The van der Waals surface area contributed by atoms with Crippen molar-refractivity contribution in [1.29, 1.82) is 0 Å². The lowest BCUT2D eigenvalue weighted by Crippen LogP contribution is -2.57. The standard InChI is InChI=1S/C26H33N7O3/c34-23(9-4-12-31-18-27-17-29-31)30-11-5-10-28-24(35)21-16-19-6-3-13-33(19)26(21)20-7-1-2-8-22(20)32(15-14-30)25(26)36/h1-2,7-8,17-19,21H,3-6,9-16H2,(H,28,35)/t19-,21+,26+/m0/s1. The number of para-hydroxylation sites is 1. The fraction of sp³-hybridized carbons (Fsp3) is 0.577. The number of hydrogen-bond acceptors (Lipinski definition) is 6. The number of fused-ring (bicyclic) bond motifs is 4. The molecule has 190 valence electrons. The maximum Gasteiger partial charge on any atom is 0.253 e. The number of anilines is 1. The number of nitrogens with one attached hydrogen (secondary N) is 1. The van der Waals surface area contributed by atoms with Crippen LogP contribution in [0.25, 0.3) is 0 Å². The summed E-state index contributed by atoms with van der Waals surface area (Å²) in [5.41, 5.74) is 0.892. The third kappa shape index (κ3) is 3.61. The van der Waals surface area contributed by atoms with Gasteiger partial charge in [0.05, 0.1) is 5.92 Å². The van der Waals surface area contributed by atoms with Crippen molar-refractivity contribution in [2.24, 2.45) is 5.92 Å². The van der Waals surface area contributed by atoms with Crippen molar-refractivity contribution in [3.63, 3.8) is 0 Å². The second kappa shape index (κ2) is 9.31. The first-order chi connectivity index (χ1) is 17.6. The van der Waals surface area contributed by atoms with Crippen molar-refractivity contribution < 1.29 is 14.4 Å². The van der Waals surface area contributed by atoms with Gasteiger partial charge in [-0.2, -0.15) is 5.10 Å². The van der Waals surface area contributed by atoms with Crippen molar-refractivity contribution >= 4 is 23.4 Å². The minimum atomic E-state index is -0.937. The molecule has 1 spiro atoms. The van der Waals surface area contributed by atoms with Crippen molar-refractivity contribution in [3.8, 4) is 0 Å². The largest absolute Gasteiger partial charge is 0.356 e. The second-order valence-electron chi connectivity index (χ2n) is 10.3. The van der Waals surface area contributed by atoms with Crippen LogP contribution in [-0.2, 0) is 26.5 Å². The Morgan fingerprint density at radius 3 is 2.86 bits per heavy atom. The molecule has 3 saturated heterocycles. The lowest BCUT2D eigenvalue weighted by atomic mass is 9.78. The van der Waals surface area contributed by atoms with Crippen molar-refractivity contribution in [2.75, 3.05) is 37.6 Å². The van der Waals surface area contributed by atoms with Crippen molar-refractivity contribution in [2.45, 2.75) is 56.7 Å². The van der Waals surface area contributed by atoms with Gasteiger partial charge in [0.15, 0.2) is 0 Å². The van der Waals surface area contributed by atoms with E-state index < -0.39 is 11.5 Å². The van der Waals surface area contributed by atoms with Crippen molar-refractivity contribution in [3.05, 3.63) is 42.5 Å². The zero-order valence-corrected chi connectivity index (χ0v) is 20.5. The number of benzene rings is 1. The molecule has 2 aromatic rings. The summed E-state index contributed by atoms with van der Waals surface area (Å²) in [7, 11) is 0. The molecule has 10 nitrogen and oxygen atoms in total. The van der Waals surface area contributed by atoms with Gasteiger partial charge < -0.3 is 15.1 Å². The summed E-state index contributed by atoms with van der Waals surface area (Å²) >= 11 is 0. The predicted molar refractivity (Wildman–Crippen MR) is 132 cm³/mol. The average molecular weight is 492 g/mol. The Kier molecular flexibility index (Phi) is 5.99. The third-order valence-corrected chi connectivity index (χ3v) is 8.43. The Hall–Kier alpha value is -3.27. The van der Waals surface area contributed by atoms with Gasteiger partial charge in [0.2, 0.25) is 11.8 Å². The Morgan fingerprint density at radius 2 is 2.00 bits per heavy atom. The van der Waals surface area contributed by atoms with E-state index >= 15 is 0 Å². The molecule has 10 heteroatoms. The molecule has 0 aliphatic carbocycles. The molecule has 4 aliphatic rings. The molecule has 3 amide bonds. The van der Waals surface area contributed by atoms with Gasteiger partial charge in [-0.15, -0.1) is 0 Å². The van der Waals surface area contributed by atoms with E-state index in [0.717, 1.165) is 37.1 Å².